The first kappa shape index (κ1) is 35.6. The van der Waals surface area contributed by atoms with E-state index < -0.39 is 0 Å². The van der Waals surface area contributed by atoms with Crippen molar-refractivity contribution >= 4 is 75.1 Å². The highest BCUT2D eigenvalue weighted by Crippen LogP contribution is 2.43. The minimum absolute atomic E-state index is 0.578. The first-order valence-electron chi connectivity index (χ1n) is 21.2. The van der Waals surface area contributed by atoms with Gasteiger partial charge in [0.2, 0.25) is 5.95 Å². The Hall–Kier alpha value is -8.19. The highest BCUT2D eigenvalue weighted by Gasteiger charge is 2.23. The molecule has 0 amide bonds. The lowest BCUT2D eigenvalue weighted by Crippen LogP contribution is -2.06. The molecule has 9 aromatic carbocycles. The Morgan fingerprint density at radius 2 is 0.873 bits per heavy atom. The molecule has 4 aromatic heterocycles. The molecule has 4 heterocycles. The van der Waals surface area contributed by atoms with Crippen molar-refractivity contribution in [1.29, 1.82) is 0 Å². The summed E-state index contributed by atoms with van der Waals surface area (Å²) in [6, 6.07) is 75.7. The van der Waals surface area contributed by atoms with Gasteiger partial charge in [-0.2, -0.15) is 9.97 Å². The zero-order valence-corrected chi connectivity index (χ0v) is 34.7. The van der Waals surface area contributed by atoms with Gasteiger partial charge in [0.05, 0.1) is 27.8 Å². The third-order valence-corrected chi connectivity index (χ3v) is 13.6. The van der Waals surface area contributed by atoms with Crippen molar-refractivity contribution in [1.82, 2.24) is 24.1 Å². The van der Waals surface area contributed by atoms with Crippen LogP contribution in [-0.2, 0) is 0 Å². The zero-order chi connectivity index (χ0) is 41.4. The Kier molecular flexibility index (Phi) is 8.01. The molecule has 294 valence electrons. The predicted molar refractivity (Wildman–Crippen MR) is 263 cm³/mol. The van der Waals surface area contributed by atoms with Crippen molar-refractivity contribution in [2.75, 3.05) is 0 Å². The smallest absolute Gasteiger partial charge is 0.238 e. The second-order valence-electron chi connectivity index (χ2n) is 16.0. The van der Waals surface area contributed by atoms with Crippen molar-refractivity contribution in [3.05, 3.63) is 212 Å². The summed E-state index contributed by atoms with van der Waals surface area (Å²) < 4.78 is 7.10. The summed E-state index contributed by atoms with van der Waals surface area (Å²) in [5.41, 5.74) is 12.1. The Morgan fingerprint density at radius 3 is 1.59 bits per heavy atom. The molecule has 0 fully saturated rings. The average Bonchev–Trinajstić information content (AvgIpc) is 4.01. The van der Waals surface area contributed by atoms with Crippen LogP contribution in [0.5, 0.6) is 0 Å². The van der Waals surface area contributed by atoms with Gasteiger partial charge in [-0.05, 0) is 65.2 Å². The molecule has 0 aliphatic carbocycles. The molecule has 0 unspecified atom stereocenters. The SMILES string of the molecule is c1ccc(-c2ccc(-n3c4ccccc4c4cc5c(cc43)c3ccccc3n5-c3nc(-c4ccccc4)nc(-c4cccc5c4sc4ccccc45)n3)c(-c3ccccc3)c2)cc1. The van der Waals surface area contributed by atoms with Gasteiger partial charge in [-0.3, -0.25) is 4.57 Å². The topological polar surface area (TPSA) is 48.5 Å². The molecule has 63 heavy (non-hydrogen) atoms. The van der Waals surface area contributed by atoms with Crippen LogP contribution in [-0.4, -0.2) is 24.1 Å². The van der Waals surface area contributed by atoms with Crippen molar-refractivity contribution < 1.29 is 0 Å². The van der Waals surface area contributed by atoms with E-state index in [0.717, 1.165) is 55.0 Å². The molecule has 0 bridgehead atoms. The molecule has 0 aliphatic rings. The lowest BCUT2D eigenvalue weighted by Gasteiger charge is -2.16. The van der Waals surface area contributed by atoms with Gasteiger partial charge in [-0.15, -0.1) is 11.3 Å². The fourth-order valence-corrected chi connectivity index (χ4v) is 10.7. The molecule has 0 saturated carbocycles. The summed E-state index contributed by atoms with van der Waals surface area (Å²) in [7, 11) is 0. The van der Waals surface area contributed by atoms with Gasteiger partial charge in [0.1, 0.15) is 0 Å². The summed E-state index contributed by atoms with van der Waals surface area (Å²) in [4.78, 5) is 15.9. The van der Waals surface area contributed by atoms with Crippen LogP contribution in [0.1, 0.15) is 0 Å². The third kappa shape index (κ3) is 5.66. The maximum absolute atomic E-state index is 5.41. The van der Waals surface area contributed by atoms with Crippen LogP contribution >= 0.6 is 11.3 Å². The van der Waals surface area contributed by atoms with Gasteiger partial charge < -0.3 is 4.57 Å². The quantitative estimate of drug-likeness (QED) is 0.168. The molecule has 13 rings (SSSR count). The molecule has 0 radical (unpaired) electrons. The number of fused-ring (bicyclic) bond motifs is 9. The van der Waals surface area contributed by atoms with E-state index in [1.807, 2.05) is 18.2 Å². The van der Waals surface area contributed by atoms with Gasteiger partial charge in [0, 0.05) is 58.4 Å². The minimum atomic E-state index is 0.578. The normalized spacial score (nSPS) is 11.8. The second kappa shape index (κ2) is 14.2. The first-order chi connectivity index (χ1) is 31.2. The standard InChI is InChI=1S/C57H35N5S/c1-4-17-36(18-5-1)39-31-32-50(45(33-39)37-19-6-2-7-20-37)61-48-28-13-10-23-40(48)46-35-52-47(34-51(46)61)41-24-11-14-29-49(41)62(52)57-59-55(38-21-8-3-9-22-38)58-56(60-57)44-27-16-26-43-42-25-12-15-30-53(42)63-54(43)44/h1-35H. The molecule has 0 saturated heterocycles. The van der Waals surface area contributed by atoms with E-state index in [2.05, 4.69) is 203 Å². The zero-order valence-electron chi connectivity index (χ0n) is 33.9. The van der Waals surface area contributed by atoms with E-state index in [4.69, 9.17) is 15.0 Å². The molecule has 0 atom stereocenters. The number of thiophene rings is 1. The van der Waals surface area contributed by atoms with E-state index in [9.17, 15) is 0 Å². The Balaban J connectivity index is 1.09. The monoisotopic (exact) mass is 821 g/mol. The van der Waals surface area contributed by atoms with E-state index >= 15 is 0 Å². The lowest BCUT2D eigenvalue weighted by atomic mass is 9.97. The molecule has 6 heteroatoms. The second-order valence-corrected chi connectivity index (χ2v) is 17.0. The largest absolute Gasteiger partial charge is 0.309 e. The molecular weight excluding hydrogens is 787 g/mol. The van der Waals surface area contributed by atoms with Gasteiger partial charge in [-0.25, -0.2) is 4.98 Å². The van der Waals surface area contributed by atoms with Gasteiger partial charge in [-0.1, -0.05) is 164 Å². The van der Waals surface area contributed by atoms with Crippen molar-refractivity contribution in [3.8, 4) is 56.7 Å². The van der Waals surface area contributed by atoms with Gasteiger partial charge in [0.25, 0.3) is 0 Å². The van der Waals surface area contributed by atoms with Crippen LogP contribution < -0.4 is 0 Å². The Labute approximate surface area is 366 Å². The summed E-state index contributed by atoms with van der Waals surface area (Å²) in [6.07, 6.45) is 0. The summed E-state index contributed by atoms with van der Waals surface area (Å²) in [5.74, 6) is 1.85. The Bertz CT molecular complexity index is 3900. The van der Waals surface area contributed by atoms with Crippen LogP contribution in [0.4, 0.5) is 0 Å². The van der Waals surface area contributed by atoms with Crippen LogP contribution in [0.15, 0.2) is 212 Å². The molecule has 0 aliphatic heterocycles. The maximum atomic E-state index is 5.41. The fraction of sp³-hybridized carbons (Fsp3) is 0. The molecule has 0 N–H and O–H groups in total. The highest BCUT2D eigenvalue weighted by atomic mass is 32.1. The summed E-state index contributed by atoms with van der Waals surface area (Å²) in [6.45, 7) is 0. The Morgan fingerprint density at radius 1 is 0.317 bits per heavy atom. The third-order valence-electron chi connectivity index (χ3n) is 12.4. The molecular formula is C57H35N5S. The number of benzene rings is 9. The molecule has 0 spiro atoms. The highest BCUT2D eigenvalue weighted by molar-refractivity contribution is 7.26. The average molecular weight is 822 g/mol. The lowest BCUT2D eigenvalue weighted by molar-refractivity contribution is 0.955. The van der Waals surface area contributed by atoms with Crippen molar-refractivity contribution in [2.45, 2.75) is 0 Å². The van der Waals surface area contributed by atoms with Crippen LogP contribution in [0, 0.1) is 0 Å². The first-order valence-corrected chi connectivity index (χ1v) is 22.0. The van der Waals surface area contributed by atoms with Crippen molar-refractivity contribution in [3.63, 3.8) is 0 Å². The summed E-state index contributed by atoms with van der Waals surface area (Å²) >= 11 is 1.79. The fourth-order valence-electron chi connectivity index (χ4n) is 9.52. The number of aromatic nitrogens is 5. The molecule has 13 aromatic rings. The minimum Gasteiger partial charge on any atom is -0.309 e. The van der Waals surface area contributed by atoms with E-state index in [0.29, 0.717) is 17.6 Å². The van der Waals surface area contributed by atoms with Gasteiger partial charge >= 0.3 is 0 Å². The number of nitrogens with zero attached hydrogens (tertiary/aromatic N) is 5. The number of hydrogen-bond acceptors (Lipinski definition) is 4. The number of para-hydroxylation sites is 2. The van der Waals surface area contributed by atoms with Gasteiger partial charge in [0.15, 0.2) is 11.6 Å². The van der Waals surface area contributed by atoms with Crippen LogP contribution in [0.2, 0.25) is 0 Å². The van der Waals surface area contributed by atoms with E-state index in [1.165, 1.54) is 47.8 Å². The molecule has 5 nitrogen and oxygen atoms in total. The maximum Gasteiger partial charge on any atom is 0.238 e. The number of rotatable bonds is 6. The summed E-state index contributed by atoms with van der Waals surface area (Å²) in [5, 5.41) is 7.03. The predicted octanol–water partition coefficient (Wildman–Crippen LogP) is 15.1. The van der Waals surface area contributed by atoms with Crippen LogP contribution in [0.25, 0.3) is 120 Å². The van der Waals surface area contributed by atoms with E-state index in [1.54, 1.807) is 11.3 Å². The number of hydrogen-bond donors (Lipinski definition) is 0. The van der Waals surface area contributed by atoms with Crippen molar-refractivity contribution in [2.24, 2.45) is 0 Å². The van der Waals surface area contributed by atoms with Crippen LogP contribution in [0.3, 0.4) is 0 Å². The van der Waals surface area contributed by atoms with E-state index in [-0.39, 0.29) is 0 Å².